The van der Waals surface area contributed by atoms with Gasteiger partial charge < -0.3 is 20.5 Å². The van der Waals surface area contributed by atoms with E-state index in [1.165, 1.54) is 12.1 Å². The highest BCUT2D eigenvalue weighted by Crippen LogP contribution is 2.41. The molecule has 0 saturated heterocycles. The summed E-state index contributed by atoms with van der Waals surface area (Å²) >= 11 is 6.71. The van der Waals surface area contributed by atoms with Crippen molar-refractivity contribution in [3.8, 4) is 28.3 Å². The molecule has 42 heavy (non-hydrogen) atoms. The number of nitrogens with one attached hydrogen (secondary N) is 1. The Hall–Kier alpha value is -3.90. The molecule has 5 rings (SSSR count). The first-order valence-corrected chi connectivity index (χ1v) is 14.0. The lowest BCUT2D eigenvalue weighted by atomic mass is 9.74. The van der Waals surface area contributed by atoms with Crippen LogP contribution < -0.4 is 15.8 Å². The molecule has 0 fully saturated rings. The fourth-order valence-corrected chi connectivity index (χ4v) is 5.26. The highest BCUT2D eigenvalue weighted by molar-refractivity contribution is 6.30. The van der Waals surface area contributed by atoms with Crippen LogP contribution in [0.4, 0.5) is 10.2 Å². The van der Waals surface area contributed by atoms with E-state index in [0.29, 0.717) is 40.5 Å². The predicted octanol–water partition coefficient (Wildman–Crippen LogP) is 4.38. The average molecular weight is 592 g/mol. The first-order chi connectivity index (χ1) is 19.9. The molecule has 1 aliphatic heterocycles. The number of hydrogen-bond donors (Lipinski definition) is 2. The van der Waals surface area contributed by atoms with E-state index in [-0.39, 0.29) is 24.2 Å². The fraction of sp³-hybridized carbons (Fsp3) is 0.379. The van der Waals surface area contributed by atoms with Crippen molar-refractivity contribution in [2.75, 3.05) is 12.0 Å². The lowest BCUT2D eigenvalue weighted by molar-refractivity contribution is -0.145. The van der Waals surface area contributed by atoms with Crippen molar-refractivity contribution in [2.24, 2.45) is 18.7 Å². The summed E-state index contributed by atoms with van der Waals surface area (Å²) in [4.78, 5) is 16.9. The van der Waals surface area contributed by atoms with Crippen LogP contribution in [0.25, 0.3) is 22.5 Å². The van der Waals surface area contributed by atoms with Crippen molar-refractivity contribution in [2.45, 2.75) is 52.2 Å². The quantitative estimate of drug-likeness (QED) is 0.193. The zero-order valence-electron chi connectivity index (χ0n) is 24.1. The average Bonchev–Trinajstić information content (AvgIpc) is 3.46. The van der Waals surface area contributed by atoms with Gasteiger partial charge in [0, 0.05) is 54.7 Å². The van der Waals surface area contributed by atoms with Gasteiger partial charge in [0.05, 0.1) is 16.9 Å². The minimum Gasteiger partial charge on any atom is -0.489 e. The van der Waals surface area contributed by atoms with E-state index in [0.717, 1.165) is 16.8 Å². The van der Waals surface area contributed by atoms with Gasteiger partial charge in [-0.15, -0.1) is 0 Å². The number of halogens is 2. The van der Waals surface area contributed by atoms with Crippen molar-refractivity contribution in [1.82, 2.24) is 24.5 Å². The number of carbonyl (C=O) groups is 1. The minimum absolute atomic E-state index is 0.0881. The summed E-state index contributed by atoms with van der Waals surface area (Å²) in [5.41, 5.74) is 9.04. The molecule has 0 amide bonds. The maximum absolute atomic E-state index is 14.7. The monoisotopic (exact) mass is 591 g/mol. The zero-order valence-corrected chi connectivity index (χ0v) is 24.9. The van der Waals surface area contributed by atoms with Crippen LogP contribution in [0.2, 0.25) is 5.15 Å². The third kappa shape index (κ3) is 5.60. The normalized spacial score (nSPS) is 16.8. The van der Waals surface area contributed by atoms with Gasteiger partial charge in [-0.2, -0.15) is 10.2 Å². The van der Waals surface area contributed by atoms with Crippen molar-refractivity contribution in [3.05, 3.63) is 64.3 Å². The molecule has 1 unspecified atom stereocenters. The van der Waals surface area contributed by atoms with Gasteiger partial charge in [-0.25, -0.2) is 9.37 Å². The Kier molecular flexibility index (Phi) is 8.04. The standard InChI is InChI=1S/C29H32BClFN7O3/c1-6-39-25-16-10-22(27(34-12-16)35-14-41-28(40)23(33)15(2)3)42-29(4,30)21-11-18(32)7-8-19(21)24-17(13-38(5)36-24)9-20(25)26(31)37-39/h7-8,10-13,15,23H,6,9,14,33H2,1-5H3,(H,34,35)/t23?,29-/m1/s1. The highest BCUT2D eigenvalue weighted by atomic mass is 35.5. The summed E-state index contributed by atoms with van der Waals surface area (Å²) in [5, 5.41) is 12.6. The number of ether oxygens (including phenoxy) is 2. The number of nitrogens with two attached hydrogens (primary N) is 1. The smallest absolute Gasteiger partial charge is 0.324 e. The third-order valence-electron chi connectivity index (χ3n) is 7.24. The summed E-state index contributed by atoms with van der Waals surface area (Å²) in [7, 11) is 8.61. The number of nitrogens with zero attached hydrogens (tertiary/aromatic N) is 5. The van der Waals surface area contributed by atoms with Crippen LogP contribution in [-0.4, -0.2) is 51.1 Å². The maximum atomic E-state index is 14.7. The van der Waals surface area contributed by atoms with Crippen LogP contribution in [0.1, 0.15) is 44.4 Å². The van der Waals surface area contributed by atoms with E-state index >= 15 is 0 Å². The summed E-state index contributed by atoms with van der Waals surface area (Å²) in [5.74, 6) is -0.625. The van der Waals surface area contributed by atoms with Crippen LogP contribution in [0.3, 0.4) is 0 Å². The summed E-state index contributed by atoms with van der Waals surface area (Å²) < 4.78 is 29.9. The van der Waals surface area contributed by atoms with E-state index in [1.54, 1.807) is 34.6 Å². The Bertz CT molecular complexity index is 1650. The lowest BCUT2D eigenvalue weighted by Gasteiger charge is -2.31. The second kappa shape index (κ2) is 11.4. The van der Waals surface area contributed by atoms with E-state index < -0.39 is 23.3 Å². The Morgan fingerprint density at radius 3 is 2.81 bits per heavy atom. The number of esters is 1. The maximum Gasteiger partial charge on any atom is 0.324 e. The molecule has 218 valence electrons. The largest absolute Gasteiger partial charge is 0.489 e. The van der Waals surface area contributed by atoms with Crippen LogP contribution in [-0.2, 0) is 35.0 Å². The molecular formula is C29H32BClFN7O3. The molecule has 0 saturated carbocycles. The van der Waals surface area contributed by atoms with Gasteiger partial charge in [-0.3, -0.25) is 14.2 Å². The molecule has 1 aromatic carbocycles. The first-order valence-electron chi connectivity index (χ1n) is 13.6. The van der Waals surface area contributed by atoms with E-state index in [4.69, 9.17) is 39.8 Å². The van der Waals surface area contributed by atoms with Crippen molar-refractivity contribution >= 4 is 31.2 Å². The number of pyridine rings is 1. The van der Waals surface area contributed by atoms with Crippen LogP contribution in [0, 0.1) is 11.7 Å². The van der Waals surface area contributed by atoms with Gasteiger partial charge in [0.15, 0.2) is 23.5 Å². The molecule has 0 spiro atoms. The molecule has 3 N–H and O–H groups in total. The number of hydrogen-bond acceptors (Lipinski definition) is 8. The lowest BCUT2D eigenvalue weighted by Crippen LogP contribution is -2.37. The van der Waals surface area contributed by atoms with Crippen molar-refractivity contribution in [3.63, 3.8) is 0 Å². The van der Waals surface area contributed by atoms with Crippen LogP contribution in [0.5, 0.6) is 5.75 Å². The number of rotatable bonds is 6. The summed E-state index contributed by atoms with van der Waals surface area (Å²) in [6.45, 7) is 7.60. The Morgan fingerprint density at radius 1 is 1.33 bits per heavy atom. The van der Waals surface area contributed by atoms with E-state index in [1.807, 2.05) is 34.0 Å². The van der Waals surface area contributed by atoms with Crippen LogP contribution >= 0.6 is 11.6 Å². The predicted molar refractivity (Wildman–Crippen MR) is 159 cm³/mol. The first kappa shape index (κ1) is 29.6. The molecule has 13 heteroatoms. The number of aryl methyl sites for hydroxylation is 2. The highest BCUT2D eigenvalue weighted by Gasteiger charge is 2.32. The number of carbonyl (C=O) groups excluding carboxylic acids is 1. The van der Waals surface area contributed by atoms with Gasteiger partial charge >= 0.3 is 5.97 Å². The van der Waals surface area contributed by atoms with Gasteiger partial charge in [0.1, 0.15) is 19.7 Å². The van der Waals surface area contributed by atoms with Crippen molar-refractivity contribution < 1.29 is 18.7 Å². The summed E-state index contributed by atoms with van der Waals surface area (Å²) in [6.07, 6.45) is 3.95. The second-order valence-electron chi connectivity index (χ2n) is 10.8. The Morgan fingerprint density at radius 2 is 2.10 bits per heavy atom. The zero-order chi connectivity index (χ0) is 30.3. The molecule has 2 radical (unpaired) electrons. The Labute approximate surface area is 249 Å². The minimum atomic E-state index is -1.54. The molecule has 0 aliphatic carbocycles. The molecule has 10 nitrogen and oxygen atoms in total. The summed E-state index contributed by atoms with van der Waals surface area (Å²) in [6, 6.07) is 5.33. The van der Waals surface area contributed by atoms with Crippen LogP contribution in [0.15, 0.2) is 36.7 Å². The van der Waals surface area contributed by atoms with Gasteiger partial charge in [-0.05, 0) is 49.6 Å². The molecule has 4 heterocycles. The van der Waals surface area contributed by atoms with E-state index in [2.05, 4.69) is 15.4 Å². The fourth-order valence-electron chi connectivity index (χ4n) is 5.01. The number of anilines is 1. The SMILES string of the molecule is [B][C@]1(C)Oc2cc(cnc2NCOC(=O)C(N)C(C)C)-c2c(c(Cl)nn2CC)Cc2cn(C)nc2-c2ccc(F)cc21. The molecule has 2 atom stereocenters. The number of fused-ring (bicyclic) bond motifs is 7. The topological polar surface area (TPSA) is 122 Å². The number of aromatic nitrogens is 5. The molecule has 1 aliphatic rings. The van der Waals surface area contributed by atoms with Gasteiger partial charge in [0.25, 0.3) is 0 Å². The van der Waals surface area contributed by atoms with E-state index in [9.17, 15) is 9.18 Å². The molecular weight excluding hydrogens is 560 g/mol. The third-order valence-corrected chi connectivity index (χ3v) is 7.54. The molecule has 3 aromatic heterocycles. The number of benzene rings is 1. The van der Waals surface area contributed by atoms with Gasteiger partial charge in [0.2, 0.25) is 0 Å². The van der Waals surface area contributed by atoms with Crippen molar-refractivity contribution in [1.29, 1.82) is 0 Å². The molecule has 2 bridgehead atoms. The molecule has 4 aromatic rings. The Balaban J connectivity index is 1.67. The van der Waals surface area contributed by atoms with Gasteiger partial charge in [-0.1, -0.05) is 25.4 Å². The second-order valence-corrected chi connectivity index (χ2v) is 11.2.